The summed E-state index contributed by atoms with van der Waals surface area (Å²) >= 11 is 0. The quantitative estimate of drug-likeness (QED) is 0.0169. The molecule has 0 aromatic carbocycles. The van der Waals surface area contributed by atoms with Crippen molar-refractivity contribution in [1.82, 2.24) is 0 Å². The first-order valence-electron chi connectivity index (χ1n) is 37.2. The van der Waals surface area contributed by atoms with Crippen LogP contribution in [0.1, 0.15) is 344 Å². The summed E-state index contributed by atoms with van der Waals surface area (Å²) in [5.74, 6) is 0.0411. The van der Waals surface area contributed by atoms with Gasteiger partial charge in [-0.3, -0.25) is 37.3 Å². The van der Waals surface area contributed by atoms with E-state index in [0.717, 1.165) is 127 Å². The predicted octanol–water partition coefficient (Wildman–Crippen LogP) is 20.6. The van der Waals surface area contributed by atoms with Crippen molar-refractivity contribution in [3.8, 4) is 0 Å². The minimum absolute atomic E-state index is 0.0980. The number of unbranched alkanes of at least 4 members (excludes halogenated alkanes) is 34. The second-order valence-electron chi connectivity index (χ2n) is 27.1. The van der Waals surface area contributed by atoms with Crippen LogP contribution in [0.5, 0.6) is 0 Å². The van der Waals surface area contributed by atoms with Crippen molar-refractivity contribution in [3.63, 3.8) is 0 Å². The molecule has 0 bridgehead atoms. The number of hydrogen-bond donors (Lipinski definition) is 3. The molecule has 0 amide bonds. The SMILES string of the molecule is CCCCCC/C=C\C=C/CCCCCCCC(=O)OC[C@H](COP(=O)(O)OC[C@@H](O)COP(=O)(O)OC[C@@H](COC(=O)CCCCCCCCC(C)C)OC(=O)CCCCCCCCCCCCCCCC(C)C)OC(=O)CCCCCCCCCCCC(C)C. The summed E-state index contributed by atoms with van der Waals surface area (Å²) in [6.45, 7) is 11.7. The molecule has 92 heavy (non-hydrogen) atoms. The number of carbonyl (C=O) groups excluding carboxylic acids is 4. The number of hydrogen-bond acceptors (Lipinski definition) is 15. The van der Waals surface area contributed by atoms with Gasteiger partial charge in [-0.1, -0.05) is 291 Å². The van der Waals surface area contributed by atoms with E-state index in [1.807, 2.05) is 0 Å². The van der Waals surface area contributed by atoms with E-state index in [-0.39, 0.29) is 25.7 Å². The molecule has 0 radical (unpaired) electrons. The lowest BCUT2D eigenvalue weighted by molar-refractivity contribution is -0.161. The first-order chi connectivity index (χ1) is 44.2. The Kier molecular flexibility index (Phi) is 61.6. The molecule has 19 heteroatoms. The van der Waals surface area contributed by atoms with Gasteiger partial charge < -0.3 is 33.8 Å². The summed E-state index contributed by atoms with van der Waals surface area (Å²) in [5, 5.41) is 10.6. The zero-order chi connectivity index (χ0) is 68.0. The van der Waals surface area contributed by atoms with Gasteiger partial charge in [-0.25, -0.2) is 9.13 Å². The molecule has 0 heterocycles. The average Bonchev–Trinajstić information content (AvgIpc) is 1.81. The first kappa shape index (κ1) is 89.5. The first-order valence-corrected chi connectivity index (χ1v) is 40.2. The van der Waals surface area contributed by atoms with E-state index < -0.39 is 97.5 Å². The maximum atomic E-state index is 13.0. The second kappa shape index (κ2) is 63.3. The zero-order valence-electron chi connectivity index (χ0n) is 59.5. The van der Waals surface area contributed by atoms with Gasteiger partial charge in [-0.05, 0) is 69.1 Å². The number of rotatable bonds is 69. The third kappa shape index (κ3) is 66.2. The second-order valence-corrected chi connectivity index (χ2v) is 30.0. The van der Waals surface area contributed by atoms with Crippen LogP contribution in [0.4, 0.5) is 0 Å². The van der Waals surface area contributed by atoms with E-state index in [2.05, 4.69) is 72.8 Å². The third-order valence-corrected chi connectivity index (χ3v) is 18.2. The van der Waals surface area contributed by atoms with Crippen LogP contribution >= 0.6 is 15.6 Å². The molecule has 0 aliphatic rings. The van der Waals surface area contributed by atoms with Crippen LogP contribution in [0.15, 0.2) is 24.3 Å². The van der Waals surface area contributed by atoms with Crippen LogP contribution in [0.3, 0.4) is 0 Å². The van der Waals surface area contributed by atoms with Crippen molar-refractivity contribution in [3.05, 3.63) is 24.3 Å². The van der Waals surface area contributed by atoms with Crippen molar-refractivity contribution in [2.75, 3.05) is 39.6 Å². The van der Waals surface area contributed by atoms with Crippen molar-refractivity contribution >= 4 is 39.5 Å². The van der Waals surface area contributed by atoms with Gasteiger partial charge in [0.05, 0.1) is 26.4 Å². The Labute approximate surface area is 561 Å². The van der Waals surface area contributed by atoms with Crippen LogP contribution < -0.4 is 0 Å². The predicted molar refractivity (Wildman–Crippen MR) is 372 cm³/mol. The van der Waals surface area contributed by atoms with Crippen LogP contribution in [0.2, 0.25) is 0 Å². The molecule has 0 aliphatic heterocycles. The smallest absolute Gasteiger partial charge is 0.462 e. The maximum absolute atomic E-state index is 13.0. The number of phosphoric acid groups is 2. The molecule has 0 saturated carbocycles. The Morgan fingerprint density at radius 1 is 0.337 bits per heavy atom. The molecule has 2 unspecified atom stereocenters. The molecule has 0 aromatic rings. The summed E-state index contributed by atoms with van der Waals surface area (Å²) in [7, 11) is -9.92. The number of allylic oxidation sites excluding steroid dienone is 4. The number of ether oxygens (including phenoxy) is 4. The van der Waals surface area contributed by atoms with E-state index >= 15 is 0 Å². The Hall–Kier alpha value is -2.46. The molecule has 0 rings (SSSR count). The van der Waals surface area contributed by atoms with Crippen LogP contribution in [0, 0.1) is 17.8 Å². The summed E-state index contributed by atoms with van der Waals surface area (Å²) < 4.78 is 68.3. The number of carbonyl (C=O) groups is 4. The standard InChI is InChI=1S/C73H138O17P2/c1-8-9-10-11-12-13-14-15-16-19-22-27-32-40-47-54-70(75)83-60-68(89-73(78)57-50-43-34-29-24-26-31-38-45-52-65(4)5)62-87-91(79,80)85-58-67(74)59-86-92(81,82)88-63-69(61-84-71(76)55-48-41-36-35-39-46-53-66(6)7)90-72(77)56-49-42-33-28-23-20-17-18-21-25-30-37-44-51-64(2)3/h13-16,64-69,74H,8-12,17-63H2,1-7H3,(H,79,80)(H,81,82)/b14-13-,16-15-/t67-,68-,69-/m1/s1. The molecule has 3 N–H and O–H groups in total. The summed E-state index contributed by atoms with van der Waals surface area (Å²) in [6.07, 6.45) is 50.9. The Morgan fingerprint density at radius 3 is 0.880 bits per heavy atom. The molecule has 0 fully saturated rings. The molecule has 0 aliphatic carbocycles. The minimum Gasteiger partial charge on any atom is -0.462 e. The van der Waals surface area contributed by atoms with E-state index in [4.69, 9.17) is 37.0 Å². The molecule has 0 spiro atoms. The fourth-order valence-electron chi connectivity index (χ4n) is 10.5. The minimum atomic E-state index is -4.96. The van der Waals surface area contributed by atoms with E-state index in [1.54, 1.807) is 0 Å². The van der Waals surface area contributed by atoms with Crippen LogP contribution in [-0.2, 0) is 65.4 Å². The molecule has 0 saturated heterocycles. The van der Waals surface area contributed by atoms with Gasteiger partial charge in [0, 0.05) is 25.7 Å². The lowest BCUT2D eigenvalue weighted by atomic mass is 10.0. The summed E-state index contributed by atoms with van der Waals surface area (Å²) in [6, 6.07) is 0. The monoisotopic (exact) mass is 1350 g/mol. The Balaban J connectivity index is 5.26. The van der Waals surface area contributed by atoms with E-state index in [1.165, 1.54) is 128 Å². The number of aliphatic hydroxyl groups is 1. The highest BCUT2D eigenvalue weighted by molar-refractivity contribution is 7.47. The zero-order valence-corrected chi connectivity index (χ0v) is 61.3. The fraction of sp³-hybridized carbons (Fsp3) is 0.890. The van der Waals surface area contributed by atoms with Crippen molar-refractivity contribution in [2.45, 2.75) is 362 Å². The number of phosphoric ester groups is 2. The van der Waals surface area contributed by atoms with Gasteiger partial charge in [0.1, 0.15) is 19.3 Å². The normalized spacial score (nSPS) is 14.3. The van der Waals surface area contributed by atoms with Gasteiger partial charge in [0.15, 0.2) is 12.2 Å². The highest BCUT2D eigenvalue weighted by Gasteiger charge is 2.30. The number of aliphatic hydroxyl groups excluding tert-OH is 1. The molecule has 17 nitrogen and oxygen atoms in total. The van der Waals surface area contributed by atoms with Crippen molar-refractivity contribution in [2.24, 2.45) is 17.8 Å². The molecule has 0 aromatic heterocycles. The molecule has 5 atom stereocenters. The van der Waals surface area contributed by atoms with Gasteiger partial charge in [0.2, 0.25) is 0 Å². The van der Waals surface area contributed by atoms with Crippen LogP contribution in [-0.4, -0.2) is 96.7 Å². The van der Waals surface area contributed by atoms with Gasteiger partial charge >= 0.3 is 39.5 Å². The Bertz CT molecular complexity index is 1890. The van der Waals surface area contributed by atoms with Gasteiger partial charge in [0.25, 0.3) is 0 Å². The topological polar surface area (TPSA) is 237 Å². The van der Waals surface area contributed by atoms with Crippen molar-refractivity contribution < 1.29 is 80.2 Å². The highest BCUT2D eigenvalue weighted by atomic mass is 31.2. The maximum Gasteiger partial charge on any atom is 0.472 e. The van der Waals surface area contributed by atoms with Gasteiger partial charge in [-0.15, -0.1) is 0 Å². The Morgan fingerprint density at radius 2 is 0.587 bits per heavy atom. The molecule has 542 valence electrons. The summed E-state index contributed by atoms with van der Waals surface area (Å²) in [4.78, 5) is 72.6. The van der Waals surface area contributed by atoms with Gasteiger partial charge in [-0.2, -0.15) is 0 Å². The molecular formula is C73H138O17P2. The highest BCUT2D eigenvalue weighted by Crippen LogP contribution is 2.45. The largest absolute Gasteiger partial charge is 0.472 e. The fourth-order valence-corrected chi connectivity index (χ4v) is 12.1. The average molecular weight is 1350 g/mol. The van der Waals surface area contributed by atoms with E-state index in [9.17, 15) is 43.2 Å². The molecular weight excluding hydrogens is 1210 g/mol. The third-order valence-electron chi connectivity index (χ3n) is 16.3. The number of esters is 4. The lowest BCUT2D eigenvalue weighted by Crippen LogP contribution is -2.30. The van der Waals surface area contributed by atoms with Crippen LogP contribution in [0.25, 0.3) is 0 Å². The lowest BCUT2D eigenvalue weighted by Gasteiger charge is -2.21. The van der Waals surface area contributed by atoms with Crippen molar-refractivity contribution in [1.29, 1.82) is 0 Å². The summed E-state index contributed by atoms with van der Waals surface area (Å²) in [5.41, 5.74) is 0. The van der Waals surface area contributed by atoms with E-state index in [0.29, 0.717) is 31.6 Å².